The lowest BCUT2D eigenvalue weighted by atomic mass is 10.2. The number of nitrogens with two attached hydrogens (primary N) is 2. The second-order valence-electron chi connectivity index (χ2n) is 3.70. The lowest BCUT2D eigenvalue weighted by Gasteiger charge is -2.04. The molecule has 0 aliphatic rings. The molecular weight excluding hydrogens is 262 g/mol. The minimum absolute atomic E-state index is 0.360. The van der Waals surface area contributed by atoms with E-state index < -0.39 is 0 Å². The molecule has 0 bridgehead atoms. The SMILES string of the molecule is NNC(=O)c1ccc(CSc2ncccc2N)nc1. The van der Waals surface area contributed by atoms with Crippen LogP contribution in [0.1, 0.15) is 16.1 Å². The van der Waals surface area contributed by atoms with Crippen molar-refractivity contribution in [2.75, 3.05) is 5.73 Å². The zero-order chi connectivity index (χ0) is 13.7. The lowest BCUT2D eigenvalue weighted by molar-refractivity contribution is 0.0953. The van der Waals surface area contributed by atoms with Gasteiger partial charge in [0, 0.05) is 18.1 Å². The summed E-state index contributed by atoms with van der Waals surface area (Å²) in [6, 6.07) is 7.04. The van der Waals surface area contributed by atoms with E-state index in [1.165, 1.54) is 18.0 Å². The largest absolute Gasteiger partial charge is 0.397 e. The Hall–Kier alpha value is -2.12. The second-order valence-corrected chi connectivity index (χ2v) is 4.66. The molecule has 2 heterocycles. The maximum Gasteiger partial charge on any atom is 0.266 e. The molecule has 0 unspecified atom stereocenters. The van der Waals surface area contributed by atoms with Crippen LogP contribution in [0.2, 0.25) is 0 Å². The molecule has 0 fully saturated rings. The first-order chi connectivity index (χ1) is 9.20. The third kappa shape index (κ3) is 3.43. The molecule has 98 valence electrons. The smallest absolute Gasteiger partial charge is 0.266 e. The first-order valence-electron chi connectivity index (χ1n) is 5.50. The normalized spacial score (nSPS) is 10.2. The van der Waals surface area contributed by atoms with Crippen molar-refractivity contribution in [3.8, 4) is 0 Å². The minimum atomic E-state index is -0.360. The number of nitrogen functional groups attached to an aromatic ring is 2. The zero-order valence-electron chi connectivity index (χ0n) is 10.0. The fourth-order valence-electron chi connectivity index (χ4n) is 1.39. The summed E-state index contributed by atoms with van der Waals surface area (Å²) in [5.74, 6) is 5.31. The Morgan fingerprint density at radius 2 is 2.16 bits per heavy atom. The van der Waals surface area contributed by atoms with Crippen LogP contribution in [0.3, 0.4) is 0 Å². The monoisotopic (exact) mass is 275 g/mol. The number of anilines is 1. The standard InChI is InChI=1S/C12H13N5OS/c13-10-2-1-5-15-12(10)19-7-9-4-3-8(6-16-9)11(18)17-14/h1-6H,7,13-14H2,(H,17,18). The molecule has 2 rings (SSSR count). The summed E-state index contributed by atoms with van der Waals surface area (Å²) in [6.45, 7) is 0. The number of aromatic nitrogens is 2. The average molecular weight is 275 g/mol. The van der Waals surface area contributed by atoms with Gasteiger partial charge in [0.2, 0.25) is 0 Å². The van der Waals surface area contributed by atoms with Gasteiger partial charge in [0.05, 0.1) is 16.9 Å². The van der Waals surface area contributed by atoms with Crippen molar-refractivity contribution in [1.29, 1.82) is 0 Å². The number of pyridine rings is 2. The second kappa shape index (κ2) is 6.17. The van der Waals surface area contributed by atoms with Crippen LogP contribution in [0.4, 0.5) is 5.69 Å². The number of carbonyl (C=O) groups excluding carboxylic acids is 1. The third-order valence-electron chi connectivity index (χ3n) is 2.38. The van der Waals surface area contributed by atoms with E-state index in [4.69, 9.17) is 11.6 Å². The third-order valence-corrected chi connectivity index (χ3v) is 3.43. The van der Waals surface area contributed by atoms with Crippen molar-refractivity contribution >= 4 is 23.4 Å². The number of nitrogens with one attached hydrogen (secondary N) is 1. The molecule has 0 aliphatic heterocycles. The molecule has 0 radical (unpaired) electrons. The maximum absolute atomic E-state index is 11.2. The summed E-state index contributed by atoms with van der Waals surface area (Å²) >= 11 is 1.50. The van der Waals surface area contributed by atoms with Crippen LogP contribution in [0.25, 0.3) is 0 Å². The number of rotatable bonds is 4. The van der Waals surface area contributed by atoms with E-state index in [-0.39, 0.29) is 5.91 Å². The van der Waals surface area contributed by atoms with Gasteiger partial charge in [-0.25, -0.2) is 10.8 Å². The number of carbonyl (C=O) groups is 1. The van der Waals surface area contributed by atoms with Crippen LogP contribution in [0, 0.1) is 0 Å². The van der Waals surface area contributed by atoms with Crippen molar-refractivity contribution < 1.29 is 4.79 Å². The van der Waals surface area contributed by atoms with Gasteiger partial charge in [0.15, 0.2) is 0 Å². The molecule has 0 saturated carbocycles. The van der Waals surface area contributed by atoms with Gasteiger partial charge in [-0.2, -0.15) is 0 Å². The Bertz CT molecular complexity index is 573. The van der Waals surface area contributed by atoms with E-state index in [1.807, 2.05) is 0 Å². The molecule has 2 aromatic heterocycles. The molecule has 0 spiro atoms. The van der Waals surface area contributed by atoms with E-state index in [2.05, 4.69) is 15.4 Å². The number of hydrazine groups is 1. The van der Waals surface area contributed by atoms with Crippen LogP contribution in [-0.2, 0) is 5.75 Å². The van der Waals surface area contributed by atoms with Crippen molar-refractivity contribution in [3.63, 3.8) is 0 Å². The number of hydrogen-bond donors (Lipinski definition) is 3. The van der Waals surface area contributed by atoms with Gasteiger partial charge >= 0.3 is 0 Å². The molecule has 1 amide bonds. The molecule has 0 saturated heterocycles. The topological polar surface area (TPSA) is 107 Å². The Balaban J connectivity index is 2.01. The number of hydrogen-bond acceptors (Lipinski definition) is 6. The number of thioether (sulfide) groups is 1. The molecule has 19 heavy (non-hydrogen) atoms. The van der Waals surface area contributed by atoms with Crippen LogP contribution in [0.5, 0.6) is 0 Å². The van der Waals surface area contributed by atoms with E-state index in [0.717, 1.165) is 10.7 Å². The first kappa shape index (κ1) is 13.3. The molecule has 5 N–H and O–H groups in total. The van der Waals surface area contributed by atoms with Crippen LogP contribution >= 0.6 is 11.8 Å². The van der Waals surface area contributed by atoms with Crippen LogP contribution in [-0.4, -0.2) is 15.9 Å². The average Bonchev–Trinajstić information content (AvgIpc) is 2.46. The van der Waals surface area contributed by atoms with Crippen LogP contribution in [0.15, 0.2) is 41.7 Å². The molecule has 6 nitrogen and oxygen atoms in total. The van der Waals surface area contributed by atoms with Gasteiger partial charge in [-0.05, 0) is 24.3 Å². The summed E-state index contributed by atoms with van der Waals surface area (Å²) in [7, 11) is 0. The van der Waals surface area contributed by atoms with Gasteiger partial charge in [-0.1, -0.05) is 11.8 Å². The van der Waals surface area contributed by atoms with Crippen molar-refractivity contribution in [3.05, 3.63) is 47.9 Å². The Kier molecular flexibility index (Phi) is 4.32. The lowest BCUT2D eigenvalue weighted by Crippen LogP contribution is -2.30. The first-order valence-corrected chi connectivity index (χ1v) is 6.48. The van der Waals surface area contributed by atoms with E-state index in [0.29, 0.717) is 17.0 Å². The Morgan fingerprint density at radius 3 is 2.79 bits per heavy atom. The molecule has 2 aromatic rings. The molecular formula is C12H13N5OS. The zero-order valence-corrected chi connectivity index (χ0v) is 10.9. The highest BCUT2D eigenvalue weighted by molar-refractivity contribution is 7.98. The van der Waals surface area contributed by atoms with Gasteiger partial charge in [-0.15, -0.1) is 0 Å². The van der Waals surface area contributed by atoms with Crippen molar-refractivity contribution in [1.82, 2.24) is 15.4 Å². The van der Waals surface area contributed by atoms with E-state index in [1.54, 1.807) is 30.5 Å². The summed E-state index contributed by atoms with van der Waals surface area (Å²) in [6.07, 6.45) is 3.18. The quantitative estimate of drug-likeness (QED) is 0.332. The highest BCUT2D eigenvalue weighted by Gasteiger charge is 2.05. The van der Waals surface area contributed by atoms with E-state index in [9.17, 15) is 4.79 Å². The highest BCUT2D eigenvalue weighted by atomic mass is 32.2. The summed E-state index contributed by atoms with van der Waals surface area (Å²) in [4.78, 5) is 19.6. The van der Waals surface area contributed by atoms with Crippen molar-refractivity contribution in [2.24, 2.45) is 5.84 Å². The summed E-state index contributed by atoms with van der Waals surface area (Å²) in [5, 5.41) is 0.771. The number of nitrogens with zero attached hydrogens (tertiary/aromatic N) is 2. The summed E-state index contributed by atoms with van der Waals surface area (Å²) < 4.78 is 0. The summed E-state index contributed by atoms with van der Waals surface area (Å²) in [5.41, 5.74) is 9.76. The molecule has 0 atom stereocenters. The number of amides is 1. The fraction of sp³-hybridized carbons (Fsp3) is 0.0833. The van der Waals surface area contributed by atoms with Gasteiger partial charge in [-0.3, -0.25) is 15.2 Å². The maximum atomic E-state index is 11.2. The predicted molar refractivity (Wildman–Crippen MR) is 74.1 cm³/mol. The molecule has 0 aromatic carbocycles. The van der Waals surface area contributed by atoms with Gasteiger partial charge in [0.25, 0.3) is 5.91 Å². The predicted octanol–water partition coefficient (Wildman–Crippen LogP) is 0.955. The van der Waals surface area contributed by atoms with Crippen LogP contribution < -0.4 is 17.0 Å². The molecule has 0 aliphatic carbocycles. The molecule has 7 heteroatoms. The Labute approximate surface area is 114 Å². The van der Waals surface area contributed by atoms with Gasteiger partial charge < -0.3 is 5.73 Å². The van der Waals surface area contributed by atoms with Gasteiger partial charge in [0.1, 0.15) is 5.03 Å². The highest BCUT2D eigenvalue weighted by Crippen LogP contribution is 2.24. The van der Waals surface area contributed by atoms with E-state index >= 15 is 0 Å². The fourth-order valence-corrected chi connectivity index (χ4v) is 2.22. The Morgan fingerprint density at radius 1 is 1.32 bits per heavy atom. The van der Waals surface area contributed by atoms with Crippen molar-refractivity contribution in [2.45, 2.75) is 10.8 Å². The minimum Gasteiger partial charge on any atom is -0.397 e.